The van der Waals surface area contributed by atoms with Crippen LogP contribution in [0.5, 0.6) is 0 Å². The highest BCUT2D eigenvalue weighted by Gasteiger charge is 2.16. The van der Waals surface area contributed by atoms with E-state index < -0.39 is 0 Å². The zero-order chi connectivity index (χ0) is 20.1. The highest BCUT2D eigenvalue weighted by molar-refractivity contribution is 5.76. The van der Waals surface area contributed by atoms with Crippen LogP contribution in [0.4, 0.5) is 0 Å². The molecular weight excluding hydrogens is 330 g/mol. The maximum atomic E-state index is 11.8. The van der Waals surface area contributed by atoms with Gasteiger partial charge in [0.15, 0.2) is 0 Å². The molecule has 0 unspecified atom stereocenters. The SMILES string of the molecule is CC(C)=CCC/C(C)=C/CC/C(C)=C\CC/C(C)=C/CN1CCCCC1=O. The molecule has 0 aromatic heterocycles. The average molecular weight is 372 g/mol. The van der Waals surface area contributed by atoms with Gasteiger partial charge in [-0.2, -0.15) is 0 Å². The Kier molecular flexibility index (Phi) is 11.8. The molecule has 1 heterocycles. The molecule has 1 aliphatic heterocycles. The lowest BCUT2D eigenvalue weighted by Crippen LogP contribution is -2.35. The van der Waals surface area contributed by atoms with Crippen LogP contribution in [-0.4, -0.2) is 23.9 Å². The summed E-state index contributed by atoms with van der Waals surface area (Å²) in [6.45, 7) is 12.7. The van der Waals surface area contributed by atoms with Crippen molar-refractivity contribution in [1.29, 1.82) is 0 Å². The van der Waals surface area contributed by atoms with E-state index in [-0.39, 0.29) is 0 Å². The first-order valence-electron chi connectivity index (χ1n) is 10.8. The Labute approximate surface area is 168 Å². The van der Waals surface area contributed by atoms with Gasteiger partial charge < -0.3 is 4.90 Å². The normalized spacial score (nSPS) is 16.7. The van der Waals surface area contributed by atoms with Crippen LogP contribution in [0.1, 0.15) is 92.4 Å². The Bertz CT molecular complexity index is 573. The zero-order valence-electron chi connectivity index (χ0n) is 18.4. The first kappa shape index (κ1) is 23.5. The van der Waals surface area contributed by atoms with Crippen molar-refractivity contribution in [2.45, 2.75) is 92.4 Å². The summed E-state index contributed by atoms with van der Waals surface area (Å²) in [5, 5.41) is 0. The second kappa shape index (κ2) is 13.6. The van der Waals surface area contributed by atoms with E-state index in [9.17, 15) is 4.79 Å². The number of piperidine rings is 1. The molecule has 0 saturated carbocycles. The minimum Gasteiger partial charge on any atom is -0.339 e. The summed E-state index contributed by atoms with van der Waals surface area (Å²) in [5.41, 5.74) is 5.80. The molecule has 152 valence electrons. The smallest absolute Gasteiger partial charge is 0.222 e. The molecule has 1 aliphatic rings. The lowest BCUT2D eigenvalue weighted by atomic mass is 10.0. The third-order valence-corrected chi connectivity index (χ3v) is 5.24. The number of amides is 1. The van der Waals surface area contributed by atoms with E-state index >= 15 is 0 Å². The fraction of sp³-hybridized carbons (Fsp3) is 0.640. The Morgan fingerprint density at radius 1 is 0.778 bits per heavy atom. The minimum absolute atomic E-state index is 0.324. The lowest BCUT2D eigenvalue weighted by molar-refractivity contribution is -0.132. The maximum Gasteiger partial charge on any atom is 0.222 e. The molecule has 0 aromatic rings. The second-order valence-corrected chi connectivity index (χ2v) is 8.35. The standard InChI is InChI=1S/C25H41NO/c1-21(2)11-8-12-22(3)13-9-14-23(4)15-10-16-24(5)18-20-26-19-7-6-17-25(26)27/h11,13,15,18H,6-10,12,14,16-17,19-20H2,1-5H3/b22-13+,23-15-,24-18+. The van der Waals surface area contributed by atoms with Crippen LogP contribution in [0, 0.1) is 0 Å². The van der Waals surface area contributed by atoms with Crippen molar-refractivity contribution in [2.75, 3.05) is 13.1 Å². The van der Waals surface area contributed by atoms with Crippen LogP contribution in [-0.2, 0) is 4.79 Å². The van der Waals surface area contributed by atoms with Gasteiger partial charge in [0.05, 0.1) is 0 Å². The first-order valence-corrected chi connectivity index (χ1v) is 10.8. The predicted octanol–water partition coefficient (Wildman–Crippen LogP) is 7.14. The van der Waals surface area contributed by atoms with Crippen molar-refractivity contribution in [2.24, 2.45) is 0 Å². The molecule has 2 nitrogen and oxygen atoms in total. The van der Waals surface area contributed by atoms with Crippen molar-refractivity contribution in [3.63, 3.8) is 0 Å². The van der Waals surface area contributed by atoms with Gasteiger partial charge in [-0.25, -0.2) is 0 Å². The molecule has 1 fully saturated rings. The largest absolute Gasteiger partial charge is 0.339 e. The maximum absolute atomic E-state index is 11.8. The fourth-order valence-electron chi connectivity index (χ4n) is 3.31. The summed E-state index contributed by atoms with van der Waals surface area (Å²) in [5.74, 6) is 0.324. The molecule has 0 spiro atoms. The van der Waals surface area contributed by atoms with Gasteiger partial charge in [0.2, 0.25) is 5.91 Å². The number of nitrogens with zero attached hydrogens (tertiary/aromatic N) is 1. The van der Waals surface area contributed by atoms with E-state index in [0.29, 0.717) is 5.91 Å². The third-order valence-electron chi connectivity index (χ3n) is 5.24. The molecule has 2 heteroatoms. The van der Waals surface area contributed by atoms with Crippen LogP contribution in [0.2, 0.25) is 0 Å². The number of hydrogen-bond donors (Lipinski definition) is 0. The summed E-state index contributed by atoms with van der Waals surface area (Å²) in [6, 6.07) is 0. The molecule has 0 N–H and O–H groups in total. The van der Waals surface area contributed by atoms with E-state index in [0.717, 1.165) is 64.5 Å². The Hall–Kier alpha value is -1.57. The van der Waals surface area contributed by atoms with E-state index in [1.54, 1.807) is 0 Å². The summed E-state index contributed by atoms with van der Waals surface area (Å²) in [6.07, 6.45) is 19.1. The van der Waals surface area contributed by atoms with Gasteiger partial charge in [0.1, 0.15) is 0 Å². The van der Waals surface area contributed by atoms with Crippen molar-refractivity contribution in [1.82, 2.24) is 4.90 Å². The van der Waals surface area contributed by atoms with Crippen molar-refractivity contribution >= 4 is 5.91 Å². The van der Waals surface area contributed by atoms with Crippen LogP contribution >= 0.6 is 0 Å². The van der Waals surface area contributed by atoms with Crippen LogP contribution in [0.25, 0.3) is 0 Å². The van der Waals surface area contributed by atoms with Gasteiger partial charge >= 0.3 is 0 Å². The minimum atomic E-state index is 0.324. The number of allylic oxidation sites excluding steroid dienone is 7. The monoisotopic (exact) mass is 371 g/mol. The Morgan fingerprint density at radius 3 is 1.81 bits per heavy atom. The van der Waals surface area contributed by atoms with E-state index in [2.05, 4.69) is 58.9 Å². The number of likely N-dealkylation sites (tertiary alicyclic amines) is 1. The fourth-order valence-corrected chi connectivity index (χ4v) is 3.31. The molecule has 0 aliphatic carbocycles. The third kappa shape index (κ3) is 11.7. The van der Waals surface area contributed by atoms with Crippen molar-refractivity contribution in [3.05, 3.63) is 46.6 Å². The molecule has 0 aromatic carbocycles. The number of carbonyl (C=O) groups is 1. The molecule has 0 atom stereocenters. The molecule has 27 heavy (non-hydrogen) atoms. The van der Waals surface area contributed by atoms with Gasteiger partial charge in [-0.05, 0) is 86.0 Å². The van der Waals surface area contributed by atoms with Gasteiger partial charge in [0, 0.05) is 19.5 Å². The summed E-state index contributed by atoms with van der Waals surface area (Å²) in [4.78, 5) is 13.8. The summed E-state index contributed by atoms with van der Waals surface area (Å²) < 4.78 is 0. The summed E-state index contributed by atoms with van der Waals surface area (Å²) in [7, 11) is 0. The predicted molar refractivity (Wildman–Crippen MR) is 119 cm³/mol. The molecule has 0 bridgehead atoms. The van der Waals surface area contributed by atoms with Crippen LogP contribution < -0.4 is 0 Å². The van der Waals surface area contributed by atoms with Crippen LogP contribution in [0.15, 0.2) is 46.6 Å². The van der Waals surface area contributed by atoms with Crippen molar-refractivity contribution < 1.29 is 4.79 Å². The van der Waals surface area contributed by atoms with Crippen molar-refractivity contribution in [3.8, 4) is 0 Å². The van der Waals surface area contributed by atoms with E-state index in [1.807, 2.05) is 4.90 Å². The molecule has 1 saturated heterocycles. The number of rotatable bonds is 11. The summed E-state index contributed by atoms with van der Waals surface area (Å²) >= 11 is 0. The molecule has 1 rings (SSSR count). The van der Waals surface area contributed by atoms with E-state index in [4.69, 9.17) is 0 Å². The van der Waals surface area contributed by atoms with Gasteiger partial charge in [0.25, 0.3) is 0 Å². The first-order chi connectivity index (χ1) is 12.9. The quantitative estimate of drug-likeness (QED) is 0.353. The second-order valence-electron chi connectivity index (χ2n) is 8.35. The zero-order valence-corrected chi connectivity index (χ0v) is 18.4. The van der Waals surface area contributed by atoms with Crippen LogP contribution in [0.3, 0.4) is 0 Å². The van der Waals surface area contributed by atoms with Gasteiger partial charge in [-0.3, -0.25) is 4.79 Å². The van der Waals surface area contributed by atoms with Gasteiger partial charge in [-0.1, -0.05) is 46.6 Å². The number of carbonyl (C=O) groups excluding carboxylic acids is 1. The highest BCUT2D eigenvalue weighted by Crippen LogP contribution is 2.14. The molecule has 1 amide bonds. The topological polar surface area (TPSA) is 20.3 Å². The van der Waals surface area contributed by atoms with E-state index in [1.165, 1.54) is 28.7 Å². The van der Waals surface area contributed by atoms with Gasteiger partial charge in [-0.15, -0.1) is 0 Å². The highest BCUT2D eigenvalue weighted by atomic mass is 16.2. The number of hydrogen-bond acceptors (Lipinski definition) is 1. The lowest BCUT2D eigenvalue weighted by Gasteiger charge is -2.25. The average Bonchev–Trinajstić information content (AvgIpc) is 2.60. The Morgan fingerprint density at radius 2 is 1.30 bits per heavy atom. The molecule has 0 radical (unpaired) electrons. The molecular formula is C25H41NO. The Balaban J connectivity index is 2.24.